The monoisotopic (exact) mass is 1650 g/mol. The van der Waals surface area contributed by atoms with Crippen molar-refractivity contribution in [2.75, 3.05) is 165 Å². The lowest BCUT2D eigenvalue weighted by Gasteiger charge is -2.69. The molecule has 0 spiro atoms. The first kappa shape index (κ1) is 85.3. The summed E-state index contributed by atoms with van der Waals surface area (Å²) in [6, 6.07) is 8.05. The number of carbonyl (C=O) groups excluding carboxylic acids is 9. The van der Waals surface area contributed by atoms with E-state index in [0.29, 0.717) is 111 Å². The number of phosphoric ester groups is 1. The fraction of sp³-hybridized carbons (Fsp3) is 0.575. The molecule has 4 heterocycles. The second-order valence-electron chi connectivity index (χ2n) is 28.2. The summed E-state index contributed by atoms with van der Waals surface area (Å²) in [5.74, 6) is -3.02. The molecular formula is C73H99BrCl2N11O21P. The van der Waals surface area contributed by atoms with Crippen molar-refractivity contribution in [1.29, 1.82) is 0 Å². The molecule has 2 aliphatic heterocycles. The first-order valence-electron chi connectivity index (χ1n) is 36.3. The average molecular weight is 1650 g/mol. The molecule has 32 nitrogen and oxygen atoms in total. The Bertz CT molecular complexity index is 4080. The van der Waals surface area contributed by atoms with Crippen LogP contribution in [0.5, 0.6) is 11.5 Å². The van der Waals surface area contributed by atoms with Gasteiger partial charge in [0.05, 0.1) is 124 Å². The number of hydrogen-bond acceptors (Lipinski definition) is 19. The van der Waals surface area contributed by atoms with Crippen LogP contribution < -0.4 is 46.1 Å². The molecule has 9 amide bonds. The number of benzene rings is 3. The number of rotatable bonds is 45. The lowest BCUT2D eigenvalue weighted by molar-refractivity contribution is -0.205. The molecule has 3 fully saturated rings. The van der Waals surface area contributed by atoms with Crippen LogP contribution in [-0.4, -0.2) is 239 Å². The highest BCUT2D eigenvalue weighted by molar-refractivity contribution is 9.09. The molecule has 0 radical (unpaired) electrons. The molecule has 5 aliphatic rings. The number of halogens is 3. The number of nitrogens with one attached hydrogen (secondary N) is 6. The second kappa shape index (κ2) is 39.5. The molecule has 3 aromatic carbocycles. The van der Waals surface area contributed by atoms with Gasteiger partial charge in [-0.25, -0.2) is 18.9 Å². The van der Waals surface area contributed by atoms with Gasteiger partial charge in [0.25, 0.3) is 0 Å². The second-order valence-corrected chi connectivity index (χ2v) is 30.6. The normalized spacial score (nSPS) is 18.1. The van der Waals surface area contributed by atoms with Crippen molar-refractivity contribution >= 4 is 139 Å². The minimum atomic E-state index is -5.00. The molecule has 36 heteroatoms. The zero-order valence-corrected chi connectivity index (χ0v) is 66.1. The lowest BCUT2D eigenvalue weighted by Crippen LogP contribution is -2.73. The van der Waals surface area contributed by atoms with Crippen LogP contribution in [0.25, 0.3) is 21.8 Å². The van der Waals surface area contributed by atoms with E-state index in [0.717, 1.165) is 27.6 Å². The number of anilines is 3. The van der Waals surface area contributed by atoms with Gasteiger partial charge in [-0.15, -0.1) is 23.2 Å². The fourth-order valence-corrected chi connectivity index (χ4v) is 15.5. The Labute approximate surface area is 650 Å². The number of H-pyrrole nitrogens is 2. The van der Waals surface area contributed by atoms with Crippen LogP contribution in [0.3, 0.4) is 0 Å². The highest BCUT2D eigenvalue weighted by atomic mass is 79.9. The molecular weight excluding hydrogens is 1550 g/mol. The number of likely N-dealkylation sites (N-methyl/N-ethyl adjacent to an activating group) is 2. The number of nitrogens with zero attached hydrogens (tertiary/aromatic N) is 4. The summed E-state index contributed by atoms with van der Waals surface area (Å²) in [7, 11) is -1.97. The van der Waals surface area contributed by atoms with Crippen molar-refractivity contribution in [3.63, 3.8) is 0 Å². The van der Waals surface area contributed by atoms with Crippen LogP contribution in [0, 0.1) is 36.5 Å². The number of ether oxygens (including phenoxy) is 8. The number of aromatic nitrogens is 2. The first-order valence-corrected chi connectivity index (χ1v) is 40.0. The van der Waals surface area contributed by atoms with Crippen molar-refractivity contribution in [2.24, 2.45) is 28.4 Å². The van der Waals surface area contributed by atoms with E-state index in [1.54, 1.807) is 66.4 Å². The minimum Gasteiger partial charge on any atom is -0.445 e. The maximum Gasteiger partial charge on any atom is 0.524 e. The summed E-state index contributed by atoms with van der Waals surface area (Å²) < 4.78 is 61.9. The molecule has 2 bridgehead atoms. The molecule has 10 rings (SSSR count). The molecule has 2 aromatic heterocycles. The molecule has 0 saturated heterocycles. The van der Waals surface area contributed by atoms with Crippen molar-refractivity contribution in [3.8, 4) is 11.5 Å². The number of primary amides is 1. The van der Waals surface area contributed by atoms with E-state index in [1.807, 2.05) is 13.8 Å². The maximum absolute atomic E-state index is 15.0. The molecule has 598 valence electrons. The number of Topliss-reactive ketones (excluding diaryl/α,β-unsaturated/α-hetero) is 1. The smallest absolute Gasteiger partial charge is 0.445 e. The van der Waals surface area contributed by atoms with Gasteiger partial charge < -0.3 is 99.0 Å². The molecule has 4 atom stereocenters. The third kappa shape index (κ3) is 21.9. The van der Waals surface area contributed by atoms with Crippen LogP contribution in [0.1, 0.15) is 98.4 Å². The first-order chi connectivity index (χ1) is 52.1. The molecule has 10 N–H and O–H groups in total. The maximum atomic E-state index is 15.0. The van der Waals surface area contributed by atoms with Gasteiger partial charge in [-0.3, -0.25) is 38.6 Å². The van der Waals surface area contributed by atoms with E-state index in [-0.39, 0.29) is 168 Å². The number of alkyl halides is 3. The van der Waals surface area contributed by atoms with Gasteiger partial charge in [-0.1, -0.05) is 41.9 Å². The van der Waals surface area contributed by atoms with E-state index in [1.165, 1.54) is 30.0 Å². The number of amides is 9. The van der Waals surface area contributed by atoms with Gasteiger partial charge in [0, 0.05) is 137 Å². The Morgan fingerprint density at radius 3 is 1.65 bits per heavy atom. The highest BCUT2D eigenvalue weighted by Gasteiger charge is 2.76. The number of nitrogens with two attached hydrogens (primary N) is 1. The van der Waals surface area contributed by atoms with Crippen LogP contribution in [-0.2, 0) is 73.1 Å². The molecule has 3 saturated carbocycles. The number of aryl methyl sites for hydroxylation is 2. The predicted octanol–water partition coefficient (Wildman–Crippen LogP) is 7.75. The van der Waals surface area contributed by atoms with Gasteiger partial charge in [0.1, 0.15) is 6.61 Å². The van der Waals surface area contributed by atoms with Gasteiger partial charge in [-0.2, -0.15) is 0 Å². The number of fused-ring (bicyclic) bond motifs is 6. The number of phosphoric acid groups is 1. The quantitative estimate of drug-likeness (QED) is 0.0102. The van der Waals surface area contributed by atoms with Gasteiger partial charge >= 0.3 is 26.0 Å². The summed E-state index contributed by atoms with van der Waals surface area (Å²) in [6.45, 7) is 12.4. The summed E-state index contributed by atoms with van der Waals surface area (Å²) in [5, 5.41) is 12.5. The Morgan fingerprint density at radius 1 is 0.679 bits per heavy atom. The third-order valence-corrected chi connectivity index (χ3v) is 21.6. The summed E-state index contributed by atoms with van der Waals surface area (Å²) in [4.78, 5) is 152. The zero-order chi connectivity index (χ0) is 78.7. The van der Waals surface area contributed by atoms with Gasteiger partial charge in [0.2, 0.25) is 29.5 Å². The number of urea groups is 1. The number of carbonyl (C=O) groups is 9. The van der Waals surface area contributed by atoms with E-state index >= 15 is 0 Å². The molecule has 3 aliphatic carbocycles. The van der Waals surface area contributed by atoms with E-state index in [2.05, 4.69) is 47.2 Å². The molecule has 0 unspecified atom stereocenters. The van der Waals surface area contributed by atoms with Crippen molar-refractivity contribution in [1.82, 2.24) is 35.7 Å². The Morgan fingerprint density at radius 2 is 1.17 bits per heavy atom. The SMILES string of the molecule is Cc1c[nH]c2c(OC(=O)N(C)CCN(C)C(=O)OCc3ccc(NC(=O)[C@H](CCCNC(N)=O)CC(=O)[C@@H](NC(=O)CCOCCOCCOCCOCCOCCOCCNC(=O)CBr)C(C)C)cc3)cc3c(c12)[C@H](CCl)CN3C(=O)C12CC(C(=O)N3C[C@@H](CCl)c4c3cc(OP(=O)(O)O)c3[nH]cc(C)c43)(C1)C2. The van der Waals surface area contributed by atoms with Crippen LogP contribution in [0.2, 0.25) is 0 Å². The standard InChI is InChI=1S/C73H99BrCl2N11O21P/c1-44(2)63(83-57(89)13-18-100-20-22-102-24-26-104-28-29-105-27-25-103-23-21-101-19-15-78-58(90)33-74)54(88)30-48(8-7-14-79-69(77)94)66(91)82-51-11-9-47(10-12-51)40-106-70(95)84(5)16-17-85(6)71(96)107-55-31-52-61(59-45(3)36-80-64(55)59)49(34-75)38-86(52)67(92)72-41-73(42-72,43-72)68(93)87-39-50(35-76)62-53(87)32-56(108-109(97,98)99)65-60(62)46(4)37-81-65/h9-12,31-32,36-37,44,48-50,63,80-81H,7-8,13-30,33-35,38-43H2,1-6H3,(H,78,90)(H,82,91)(H,83,89)(H3,77,79,94)(H2,97,98,99)/t48-,49-,50-,63+,72?,73?/m1/s1. The predicted molar refractivity (Wildman–Crippen MR) is 409 cm³/mol. The highest BCUT2D eigenvalue weighted by Crippen LogP contribution is 2.75. The Kier molecular flexibility index (Phi) is 30.9. The topological polar surface area (TPSA) is 413 Å². The Hall–Kier alpha value is -7.66. The fourth-order valence-electron chi connectivity index (χ4n) is 14.4. The summed E-state index contributed by atoms with van der Waals surface area (Å²) >= 11 is 16.3. The van der Waals surface area contributed by atoms with Crippen LogP contribution in [0.4, 0.5) is 31.4 Å². The van der Waals surface area contributed by atoms with Gasteiger partial charge in [-0.05, 0) is 91.8 Å². The van der Waals surface area contributed by atoms with E-state index < -0.39 is 60.6 Å². The lowest BCUT2D eigenvalue weighted by atomic mass is 9.34. The number of hydrogen-bond donors (Lipinski definition) is 9. The van der Waals surface area contributed by atoms with E-state index in [9.17, 15) is 57.5 Å². The van der Waals surface area contributed by atoms with Crippen LogP contribution in [0.15, 0.2) is 48.8 Å². The number of aromatic amines is 2. The summed E-state index contributed by atoms with van der Waals surface area (Å²) in [5.41, 5.74) is 9.67. The molecule has 5 aromatic rings. The minimum absolute atomic E-state index is 0.0223. The van der Waals surface area contributed by atoms with Gasteiger partial charge in [0.15, 0.2) is 17.3 Å². The largest absolute Gasteiger partial charge is 0.524 e. The average Bonchev–Trinajstić information content (AvgIpc) is 1.58. The number of ketones is 1. The summed E-state index contributed by atoms with van der Waals surface area (Å²) in [6.07, 6.45) is 3.17. The zero-order valence-electron chi connectivity index (χ0n) is 62.1. The third-order valence-electron chi connectivity index (χ3n) is 19.9. The van der Waals surface area contributed by atoms with Crippen molar-refractivity contribution in [3.05, 3.63) is 76.6 Å². The van der Waals surface area contributed by atoms with Crippen molar-refractivity contribution in [2.45, 2.75) is 97.1 Å². The molecule has 109 heavy (non-hydrogen) atoms. The van der Waals surface area contributed by atoms with Crippen LogP contribution >= 0.6 is 47.0 Å². The van der Waals surface area contributed by atoms with E-state index in [4.69, 9.17) is 71.4 Å². The Balaban J connectivity index is 0.692. The van der Waals surface area contributed by atoms with Crippen molar-refractivity contribution < 1.29 is 99.9 Å².